The molecule has 0 spiro atoms. The van der Waals surface area contributed by atoms with Crippen molar-refractivity contribution in [1.82, 2.24) is 14.9 Å². The number of nitrogens with two attached hydrogens (primary N) is 1. The van der Waals surface area contributed by atoms with Crippen molar-refractivity contribution in [2.45, 2.75) is 0 Å². The van der Waals surface area contributed by atoms with E-state index in [2.05, 4.69) is 31.2 Å². The molecule has 3 rings (SSSR count). The van der Waals surface area contributed by atoms with E-state index in [-0.39, 0.29) is 28.4 Å². The molecule has 10 nitrogen and oxygen atoms in total. The second kappa shape index (κ2) is 7.93. The van der Waals surface area contributed by atoms with Crippen LogP contribution in [0, 0.1) is 10.1 Å². The zero-order chi connectivity index (χ0) is 18.7. The van der Waals surface area contributed by atoms with Gasteiger partial charge in [-0.2, -0.15) is 0 Å². The molecular formula is C14H16BrN7O3S. The summed E-state index contributed by atoms with van der Waals surface area (Å²) in [5.41, 5.74) is 6.42. The predicted octanol–water partition coefficient (Wildman–Crippen LogP) is 1.55. The average Bonchev–Trinajstić information content (AvgIpc) is 3.10. The van der Waals surface area contributed by atoms with Gasteiger partial charge in [0.1, 0.15) is 5.69 Å². The Morgan fingerprint density at radius 3 is 2.73 bits per heavy atom. The SMILES string of the molecule is Nc1cnc(Br)c([N+](=O)[O-])c1N1CCN(CC(=O)Nc2nccs2)CC1. The first-order chi connectivity index (χ1) is 12.5. The third-order valence-electron chi connectivity index (χ3n) is 3.93. The van der Waals surface area contributed by atoms with Gasteiger partial charge in [0.25, 0.3) is 0 Å². The third kappa shape index (κ3) is 4.08. The molecule has 3 N–H and O–H groups in total. The standard InChI is InChI=1S/C14H16BrN7O3S/c15-13-12(22(24)25)11(9(16)7-18-13)21-4-2-20(3-5-21)8-10(23)19-14-17-1-6-26-14/h1,6-7H,2-5,8,16H2,(H,17,19,23). The van der Waals surface area contributed by atoms with E-state index in [1.54, 1.807) is 11.6 Å². The maximum absolute atomic E-state index is 12.0. The number of hydrogen-bond acceptors (Lipinski definition) is 9. The minimum Gasteiger partial charge on any atom is -0.396 e. The fraction of sp³-hybridized carbons (Fsp3) is 0.357. The molecular weight excluding hydrogens is 426 g/mol. The molecule has 12 heteroatoms. The van der Waals surface area contributed by atoms with Crippen molar-refractivity contribution >= 4 is 55.4 Å². The Kier molecular flexibility index (Phi) is 5.64. The van der Waals surface area contributed by atoms with Crippen LogP contribution in [-0.4, -0.2) is 58.4 Å². The summed E-state index contributed by atoms with van der Waals surface area (Å²) in [7, 11) is 0. The second-order valence-corrected chi connectivity index (χ2v) is 7.25. The molecule has 0 bridgehead atoms. The van der Waals surface area contributed by atoms with Crippen molar-refractivity contribution in [3.05, 3.63) is 32.5 Å². The van der Waals surface area contributed by atoms with Gasteiger partial charge in [-0.15, -0.1) is 11.3 Å². The van der Waals surface area contributed by atoms with Crippen molar-refractivity contribution < 1.29 is 9.72 Å². The molecule has 1 amide bonds. The first-order valence-corrected chi connectivity index (χ1v) is 9.38. The lowest BCUT2D eigenvalue weighted by Gasteiger charge is -2.35. The lowest BCUT2D eigenvalue weighted by atomic mass is 10.2. The van der Waals surface area contributed by atoms with Crippen LogP contribution in [0.15, 0.2) is 22.4 Å². The zero-order valence-electron chi connectivity index (χ0n) is 13.6. The summed E-state index contributed by atoms with van der Waals surface area (Å²) in [5, 5.41) is 16.5. The zero-order valence-corrected chi connectivity index (χ0v) is 16.0. The van der Waals surface area contributed by atoms with Gasteiger partial charge < -0.3 is 16.0 Å². The van der Waals surface area contributed by atoms with Crippen LogP contribution in [0.1, 0.15) is 0 Å². The molecule has 0 saturated carbocycles. The smallest absolute Gasteiger partial charge is 0.327 e. The maximum Gasteiger partial charge on any atom is 0.327 e. The van der Waals surface area contributed by atoms with Gasteiger partial charge in [0.05, 0.1) is 23.4 Å². The Hall–Kier alpha value is -2.31. The molecule has 1 fully saturated rings. The number of nitrogens with one attached hydrogen (secondary N) is 1. The van der Waals surface area contributed by atoms with E-state index in [0.29, 0.717) is 37.0 Å². The van der Waals surface area contributed by atoms with Crippen LogP contribution in [0.4, 0.5) is 22.2 Å². The number of nitro groups is 1. The van der Waals surface area contributed by atoms with Gasteiger partial charge in [-0.05, 0) is 15.9 Å². The Morgan fingerprint density at radius 1 is 1.38 bits per heavy atom. The van der Waals surface area contributed by atoms with Crippen LogP contribution < -0.4 is 16.0 Å². The van der Waals surface area contributed by atoms with Crippen molar-refractivity contribution in [3.63, 3.8) is 0 Å². The third-order valence-corrected chi connectivity index (χ3v) is 5.20. The number of hydrogen-bond donors (Lipinski definition) is 2. The summed E-state index contributed by atoms with van der Waals surface area (Å²) in [6.07, 6.45) is 3.03. The largest absolute Gasteiger partial charge is 0.396 e. The highest BCUT2D eigenvalue weighted by Gasteiger charge is 2.29. The number of nitrogen functional groups attached to an aromatic ring is 1. The molecule has 1 saturated heterocycles. The van der Waals surface area contributed by atoms with Gasteiger partial charge in [0, 0.05) is 37.8 Å². The molecule has 0 radical (unpaired) electrons. The number of nitrogens with zero attached hydrogens (tertiary/aromatic N) is 5. The van der Waals surface area contributed by atoms with Crippen LogP contribution >= 0.6 is 27.3 Å². The normalized spacial score (nSPS) is 15.0. The van der Waals surface area contributed by atoms with Crippen molar-refractivity contribution in [2.24, 2.45) is 0 Å². The molecule has 2 aromatic heterocycles. The van der Waals surface area contributed by atoms with Gasteiger partial charge in [-0.3, -0.25) is 19.8 Å². The van der Waals surface area contributed by atoms with E-state index in [9.17, 15) is 14.9 Å². The number of piperazine rings is 1. The van der Waals surface area contributed by atoms with Crippen LogP contribution in [-0.2, 0) is 4.79 Å². The Bertz CT molecular complexity index is 809. The summed E-state index contributed by atoms with van der Waals surface area (Å²) in [5.74, 6) is -0.134. The van der Waals surface area contributed by atoms with E-state index >= 15 is 0 Å². The summed E-state index contributed by atoms with van der Waals surface area (Å²) in [6, 6.07) is 0. The number of halogens is 1. The topological polar surface area (TPSA) is 131 Å². The first-order valence-electron chi connectivity index (χ1n) is 7.70. The van der Waals surface area contributed by atoms with Crippen molar-refractivity contribution in [3.8, 4) is 0 Å². The van der Waals surface area contributed by atoms with Crippen LogP contribution in [0.25, 0.3) is 0 Å². The Morgan fingerprint density at radius 2 is 2.12 bits per heavy atom. The number of carbonyl (C=O) groups is 1. The summed E-state index contributed by atoms with van der Waals surface area (Å²) in [4.78, 5) is 34.7. The van der Waals surface area contributed by atoms with E-state index < -0.39 is 4.92 Å². The van der Waals surface area contributed by atoms with E-state index in [1.807, 2.05) is 9.80 Å². The number of thiazole rings is 1. The monoisotopic (exact) mass is 441 g/mol. The highest BCUT2D eigenvalue weighted by Crippen LogP contribution is 2.38. The maximum atomic E-state index is 12.0. The Balaban J connectivity index is 1.63. The first kappa shape index (κ1) is 18.5. The Labute approximate surface area is 161 Å². The molecule has 1 aliphatic rings. The summed E-state index contributed by atoms with van der Waals surface area (Å²) in [6.45, 7) is 2.45. The molecule has 0 unspecified atom stereocenters. The molecule has 26 heavy (non-hydrogen) atoms. The lowest BCUT2D eigenvalue weighted by Crippen LogP contribution is -2.49. The highest BCUT2D eigenvalue weighted by atomic mass is 79.9. The molecule has 0 atom stereocenters. The number of rotatable bonds is 5. The minimum absolute atomic E-state index is 0.134. The number of pyridine rings is 1. The molecule has 0 aliphatic carbocycles. The molecule has 2 aromatic rings. The predicted molar refractivity (Wildman–Crippen MR) is 102 cm³/mol. The van der Waals surface area contributed by atoms with Gasteiger partial charge >= 0.3 is 5.69 Å². The van der Waals surface area contributed by atoms with Gasteiger partial charge in [0.2, 0.25) is 5.91 Å². The van der Waals surface area contributed by atoms with Gasteiger partial charge in [-0.1, -0.05) is 0 Å². The van der Waals surface area contributed by atoms with E-state index in [0.717, 1.165) is 0 Å². The number of anilines is 3. The average molecular weight is 442 g/mol. The number of carbonyl (C=O) groups excluding carboxylic acids is 1. The molecule has 3 heterocycles. The fourth-order valence-corrected chi connectivity index (χ4v) is 3.73. The van der Waals surface area contributed by atoms with Crippen molar-refractivity contribution in [1.29, 1.82) is 0 Å². The quantitative estimate of drug-likeness (QED) is 0.405. The summed E-state index contributed by atoms with van der Waals surface area (Å²) < 4.78 is 0.150. The number of amides is 1. The van der Waals surface area contributed by atoms with Crippen LogP contribution in [0.2, 0.25) is 0 Å². The van der Waals surface area contributed by atoms with Crippen LogP contribution in [0.3, 0.4) is 0 Å². The van der Waals surface area contributed by atoms with Crippen molar-refractivity contribution in [2.75, 3.05) is 48.7 Å². The summed E-state index contributed by atoms with van der Waals surface area (Å²) >= 11 is 4.48. The minimum atomic E-state index is -0.489. The number of aromatic nitrogens is 2. The molecule has 138 valence electrons. The molecule has 0 aromatic carbocycles. The fourth-order valence-electron chi connectivity index (χ4n) is 2.75. The van der Waals surface area contributed by atoms with Gasteiger partial charge in [0.15, 0.2) is 9.73 Å². The lowest BCUT2D eigenvalue weighted by molar-refractivity contribution is -0.385. The highest BCUT2D eigenvalue weighted by molar-refractivity contribution is 9.10. The van der Waals surface area contributed by atoms with Gasteiger partial charge in [-0.25, -0.2) is 9.97 Å². The van der Waals surface area contributed by atoms with E-state index in [1.165, 1.54) is 17.5 Å². The van der Waals surface area contributed by atoms with Crippen LogP contribution in [0.5, 0.6) is 0 Å². The molecule has 1 aliphatic heterocycles. The van der Waals surface area contributed by atoms with E-state index in [4.69, 9.17) is 5.73 Å². The second-order valence-electron chi connectivity index (χ2n) is 5.61.